The molecular weight excluding hydrogens is 709 g/mol. The normalized spacial score (nSPS) is 11.8. The van der Waals surface area contributed by atoms with Crippen LogP contribution in [0.5, 0.6) is 0 Å². The number of para-hydroxylation sites is 3. The van der Waals surface area contributed by atoms with Crippen LogP contribution in [0, 0.1) is 0 Å². The SMILES string of the molecule is c1ccc(-c2ccc(N(c3ccc(-c4ccc5oc6ccccc6c5c4)cc3)c3ccc(-n4c5ccccc5c5c6oc7ccccc7c6ccc54)cc3)cc2)cc1. The first-order valence-electron chi connectivity index (χ1n) is 19.7. The van der Waals surface area contributed by atoms with Crippen LogP contribution in [-0.2, 0) is 0 Å². The van der Waals surface area contributed by atoms with Crippen molar-refractivity contribution in [1.29, 1.82) is 0 Å². The molecule has 0 saturated heterocycles. The second kappa shape index (κ2) is 12.9. The maximum Gasteiger partial charge on any atom is 0.145 e. The third kappa shape index (κ3) is 5.09. The summed E-state index contributed by atoms with van der Waals surface area (Å²) in [6.45, 7) is 0. The molecule has 0 aliphatic carbocycles. The van der Waals surface area contributed by atoms with Gasteiger partial charge in [0.1, 0.15) is 22.3 Å². The Morgan fingerprint density at radius 3 is 1.55 bits per heavy atom. The van der Waals surface area contributed by atoms with Crippen LogP contribution in [0.15, 0.2) is 215 Å². The molecule has 0 aliphatic rings. The van der Waals surface area contributed by atoms with E-state index in [4.69, 9.17) is 8.83 Å². The minimum Gasteiger partial charge on any atom is -0.456 e. The molecule has 4 nitrogen and oxygen atoms in total. The summed E-state index contributed by atoms with van der Waals surface area (Å²) in [7, 11) is 0. The van der Waals surface area contributed by atoms with E-state index >= 15 is 0 Å². The Hall–Kier alpha value is -7.82. The van der Waals surface area contributed by atoms with Gasteiger partial charge in [-0.05, 0) is 113 Å². The Morgan fingerprint density at radius 2 is 0.845 bits per heavy atom. The molecule has 12 rings (SSSR count). The molecule has 3 aromatic heterocycles. The zero-order valence-corrected chi connectivity index (χ0v) is 31.3. The van der Waals surface area contributed by atoms with Crippen molar-refractivity contribution in [2.24, 2.45) is 0 Å². The van der Waals surface area contributed by atoms with E-state index < -0.39 is 0 Å². The highest BCUT2D eigenvalue weighted by atomic mass is 16.3. The molecule has 3 heterocycles. The fraction of sp³-hybridized carbons (Fsp3) is 0. The molecule has 9 aromatic carbocycles. The van der Waals surface area contributed by atoms with E-state index in [-0.39, 0.29) is 0 Å². The first kappa shape index (κ1) is 32.4. The summed E-state index contributed by atoms with van der Waals surface area (Å²) in [4.78, 5) is 2.33. The summed E-state index contributed by atoms with van der Waals surface area (Å²) in [5.74, 6) is 0. The van der Waals surface area contributed by atoms with E-state index in [1.165, 1.54) is 16.5 Å². The summed E-state index contributed by atoms with van der Waals surface area (Å²) >= 11 is 0. The van der Waals surface area contributed by atoms with Gasteiger partial charge in [0.05, 0.1) is 16.4 Å². The minimum absolute atomic E-state index is 0.902. The number of hydrogen-bond donors (Lipinski definition) is 0. The maximum atomic E-state index is 6.55. The molecule has 0 unspecified atom stereocenters. The van der Waals surface area contributed by atoms with Gasteiger partial charge in [-0.2, -0.15) is 0 Å². The Bertz CT molecular complexity index is 3480. The van der Waals surface area contributed by atoms with Crippen molar-refractivity contribution in [3.05, 3.63) is 206 Å². The number of furan rings is 2. The molecule has 0 atom stereocenters. The van der Waals surface area contributed by atoms with E-state index in [1.54, 1.807) is 0 Å². The fourth-order valence-electron chi connectivity index (χ4n) is 8.85. The average Bonchev–Trinajstić information content (AvgIpc) is 3.97. The Balaban J connectivity index is 0.965. The van der Waals surface area contributed by atoms with Gasteiger partial charge in [0.15, 0.2) is 0 Å². The predicted octanol–water partition coefficient (Wildman–Crippen LogP) is 15.4. The second-order valence-electron chi connectivity index (χ2n) is 14.9. The minimum atomic E-state index is 0.902. The zero-order valence-electron chi connectivity index (χ0n) is 31.3. The van der Waals surface area contributed by atoms with Crippen molar-refractivity contribution in [3.63, 3.8) is 0 Å². The summed E-state index contributed by atoms with van der Waals surface area (Å²) in [5.41, 5.74) is 14.9. The molecule has 0 saturated carbocycles. The first-order chi connectivity index (χ1) is 28.7. The molecule has 0 bridgehead atoms. The van der Waals surface area contributed by atoms with Gasteiger partial charge in [0.2, 0.25) is 0 Å². The predicted molar refractivity (Wildman–Crippen MR) is 241 cm³/mol. The van der Waals surface area contributed by atoms with Crippen LogP contribution in [0.4, 0.5) is 17.1 Å². The van der Waals surface area contributed by atoms with Crippen LogP contribution < -0.4 is 4.90 Å². The van der Waals surface area contributed by atoms with Gasteiger partial charge in [0, 0.05) is 49.7 Å². The number of hydrogen-bond acceptors (Lipinski definition) is 3. The van der Waals surface area contributed by atoms with E-state index in [0.717, 1.165) is 94.2 Å². The van der Waals surface area contributed by atoms with Crippen LogP contribution >= 0.6 is 0 Å². The fourth-order valence-corrected chi connectivity index (χ4v) is 8.85. The van der Waals surface area contributed by atoms with Gasteiger partial charge in [-0.1, -0.05) is 115 Å². The highest BCUT2D eigenvalue weighted by molar-refractivity contribution is 6.23. The average molecular weight is 743 g/mol. The molecule has 0 fully saturated rings. The number of aromatic nitrogens is 1. The number of anilines is 3. The first-order valence-corrected chi connectivity index (χ1v) is 19.7. The molecule has 12 aromatic rings. The van der Waals surface area contributed by atoms with E-state index in [0.29, 0.717) is 0 Å². The Kier molecular flexibility index (Phi) is 7.20. The van der Waals surface area contributed by atoms with Crippen LogP contribution in [-0.4, -0.2) is 4.57 Å². The zero-order chi connectivity index (χ0) is 38.2. The van der Waals surface area contributed by atoms with Crippen molar-refractivity contribution >= 4 is 82.7 Å². The molecule has 0 N–H and O–H groups in total. The smallest absolute Gasteiger partial charge is 0.145 e. The highest BCUT2D eigenvalue weighted by Crippen LogP contribution is 2.42. The van der Waals surface area contributed by atoms with Gasteiger partial charge in [-0.3, -0.25) is 0 Å². The third-order valence-electron chi connectivity index (χ3n) is 11.6. The van der Waals surface area contributed by atoms with Crippen molar-refractivity contribution in [2.75, 3.05) is 4.90 Å². The summed E-state index contributed by atoms with van der Waals surface area (Å²) in [5, 5.41) is 6.84. The summed E-state index contributed by atoms with van der Waals surface area (Å²) in [6, 6.07) is 73.2. The lowest BCUT2D eigenvalue weighted by molar-refractivity contribution is 0.669. The van der Waals surface area contributed by atoms with Crippen LogP contribution in [0.3, 0.4) is 0 Å². The maximum absolute atomic E-state index is 6.55. The topological polar surface area (TPSA) is 34.5 Å². The number of benzene rings is 9. The largest absolute Gasteiger partial charge is 0.456 e. The number of nitrogens with zero attached hydrogens (tertiary/aromatic N) is 2. The lowest BCUT2D eigenvalue weighted by atomic mass is 10.0. The summed E-state index contributed by atoms with van der Waals surface area (Å²) < 4.78 is 15.0. The van der Waals surface area contributed by atoms with Crippen molar-refractivity contribution in [2.45, 2.75) is 0 Å². The van der Waals surface area contributed by atoms with E-state index in [1.807, 2.05) is 18.2 Å². The molecule has 0 amide bonds. The van der Waals surface area contributed by atoms with Crippen LogP contribution in [0.2, 0.25) is 0 Å². The quantitative estimate of drug-likeness (QED) is 0.170. The van der Waals surface area contributed by atoms with Gasteiger partial charge >= 0.3 is 0 Å². The lowest BCUT2D eigenvalue weighted by Crippen LogP contribution is -2.10. The standard InChI is InChI=1S/C54H34N2O2/c1-2-10-35(11-3-1)36-18-23-39(24-19-36)55(40-25-20-37(21-26-40)38-22-33-52-47(34-38)44-13-6-8-16-50(44)57-52)41-27-29-42(30-28-41)56-48-15-7-4-14-46(48)53-49(56)32-31-45-43-12-5-9-17-51(43)58-54(45)53/h1-34H. The summed E-state index contributed by atoms with van der Waals surface area (Å²) in [6.07, 6.45) is 0. The van der Waals surface area contributed by atoms with Gasteiger partial charge in [-0.25, -0.2) is 0 Å². The Labute approximate surface area is 334 Å². The molecule has 0 spiro atoms. The van der Waals surface area contributed by atoms with Crippen LogP contribution in [0.25, 0.3) is 93.6 Å². The highest BCUT2D eigenvalue weighted by Gasteiger charge is 2.20. The molecule has 0 radical (unpaired) electrons. The molecule has 58 heavy (non-hydrogen) atoms. The molecule has 272 valence electrons. The van der Waals surface area contributed by atoms with Gasteiger partial charge < -0.3 is 18.3 Å². The van der Waals surface area contributed by atoms with Crippen molar-refractivity contribution < 1.29 is 8.83 Å². The van der Waals surface area contributed by atoms with E-state index in [2.05, 4.69) is 198 Å². The van der Waals surface area contributed by atoms with Gasteiger partial charge in [-0.15, -0.1) is 0 Å². The number of fused-ring (bicyclic) bond motifs is 10. The molecule has 4 heteroatoms. The Morgan fingerprint density at radius 1 is 0.328 bits per heavy atom. The van der Waals surface area contributed by atoms with E-state index in [9.17, 15) is 0 Å². The van der Waals surface area contributed by atoms with Gasteiger partial charge in [0.25, 0.3) is 0 Å². The number of rotatable bonds is 6. The second-order valence-corrected chi connectivity index (χ2v) is 14.9. The molecular formula is C54H34N2O2. The molecule has 0 aliphatic heterocycles. The third-order valence-corrected chi connectivity index (χ3v) is 11.6. The van der Waals surface area contributed by atoms with Crippen molar-refractivity contribution in [1.82, 2.24) is 4.57 Å². The van der Waals surface area contributed by atoms with Crippen LogP contribution in [0.1, 0.15) is 0 Å². The van der Waals surface area contributed by atoms with Crippen molar-refractivity contribution in [3.8, 4) is 27.9 Å². The monoisotopic (exact) mass is 742 g/mol. The lowest BCUT2D eigenvalue weighted by Gasteiger charge is -2.26.